The topological polar surface area (TPSA) is 59.6 Å². The third-order valence-corrected chi connectivity index (χ3v) is 2.92. The van der Waals surface area contributed by atoms with Crippen LogP contribution >= 0.6 is 0 Å². The third-order valence-electron chi connectivity index (χ3n) is 2.92. The van der Waals surface area contributed by atoms with E-state index < -0.39 is 0 Å². The molecule has 2 N–H and O–H groups in total. The van der Waals surface area contributed by atoms with Crippen molar-refractivity contribution in [3.63, 3.8) is 0 Å². The van der Waals surface area contributed by atoms with Crippen molar-refractivity contribution in [2.24, 2.45) is 0 Å². The molecule has 0 aromatic heterocycles. The fraction of sp³-hybridized carbons (Fsp3) is 0.400. The van der Waals surface area contributed by atoms with Crippen LogP contribution in [0.4, 0.5) is 0 Å². The Labute approximate surface area is 119 Å². The molecule has 0 atom stereocenters. The highest BCUT2D eigenvalue weighted by Crippen LogP contribution is 2.30. The summed E-state index contributed by atoms with van der Waals surface area (Å²) in [4.78, 5) is 11.5. The molecule has 1 aromatic rings. The SMILES string of the molecule is C=CCNCC(=O)NCCc1ccc2c(c1)OCCO2. The highest BCUT2D eigenvalue weighted by molar-refractivity contribution is 5.77. The quantitative estimate of drug-likeness (QED) is 0.573. The molecule has 1 heterocycles. The van der Waals surface area contributed by atoms with Gasteiger partial charge < -0.3 is 20.1 Å². The minimum Gasteiger partial charge on any atom is -0.486 e. The molecule has 1 amide bonds. The van der Waals surface area contributed by atoms with Crippen molar-refractivity contribution in [2.75, 3.05) is 32.8 Å². The Hall–Kier alpha value is -2.01. The van der Waals surface area contributed by atoms with Gasteiger partial charge >= 0.3 is 0 Å². The Bertz CT molecular complexity index is 474. The molecule has 0 aliphatic carbocycles. The summed E-state index contributed by atoms with van der Waals surface area (Å²) in [7, 11) is 0. The van der Waals surface area contributed by atoms with Gasteiger partial charge in [0.25, 0.3) is 0 Å². The van der Waals surface area contributed by atoms with Crippen LogP contribution in [-0.2, 0) is 11.2 Å². The molecule has 0 bridgehead atoms. The molecule has 0 radical (unpaired) electrons. The summed E-state index contributed by atoms with van der Waals surface area (Å²) in [5.74, 6) is 1.56. The minimum atomic E-state index is -0.00982. The summed E-state index contributed by atoms with van der Waals surface area (Å²) >= 11 is 0. The molecule has 20 heavy (non-hydrogen) atoms. The lowest BCUT2D eigenvalue weighted by atomic mass is 10.1. The van der Waals surface area contributed by atoms with Crippen molar-refractivity contribution in [1.29, 1.82) is 0 Å². The van der Waals surface area contributed by atoms with Crippen LogP contribution in [-0.4, -0.2) is 38.8 Å². The summed E-state index contributed by atoms with van der Waals surface area (Å²) in [5.41, 5.74) is 1.12. The van der Waals surface area contributed by atoms with E-state index in [2.05, 4.69) is 17.2 Å². The molecule has 0 spiro atoms. The van der Waals surface area contributed by atoms with Gasteiger partial charge in [-0.15, -0.1) is 6.58 Å². The van der Waals surface area contributed by atoms with Crippen LogP contribution in [0, 0.1) is 0 Å². The Morgan fingerprint density at radius 2 is 2.10 bits per heavy atom. The van der Waals surface area contributed by atoms with E-state index in [0.717, 1.165) is 23.5 Å². The monoisotopic (exact) mass is 276 g/mol. The second kappa shape index (κ2) is 7.55. The van der Waals surface area contributed by atoms with E-state index in [4.69, 9.17) is 9.47 Å². The van der Waals surface area contributed by atoms with Gasteiger partial charge in [-0.2, -0.15) is 0 Å². The lowest BCUT2D eigenvalue weighted by Crippen LogP contribution is -2.35. The third kappa shape index (κ3) is 4.28. The minimum absolute atomic E-state index is 0.00982. The zero-order valence-electron chi connectivity index (χ0n) is 11.5. The van der Waals surface area contributed by atoms with E-state index in [1.807, 2.05) is 18.2 Å². The highest BCUT2D eigenvalue weighted by atomic mass is 16.6. The molecular weight excluding hydrogens is 256 g/mol. The molecule has 1 aliphatic rings. The average Bonchev–Trinajstić information content (AvgIpc) is 2.47. The van der Waals surface area contributed by atoms with Crippen molar-refractivity contribution in [3.05, 3.63) is 36.4 Å². The zero-order valence-corrected chi connectivity index (χ0v) is 11.5. The first-order valence-electron chi connectivity index (χ1n) is 6.76. The van der Waals surface area contributed by atoms with Crippen LogP contribution in [0.3, 0.4) is 0 Å². The number of fused-ring (bicyclic) bond motifs is 1. The number of hydrogen-bond donors (Lipinski definition) is 2. The summed E-state index contributed by atoms with van der Waals surface area (Å²) in [6.07, 6.45) is 2.49. The van der Waals surface area contributed by atoms with Crippen molar-refractivity contribution in [1.82, 2.24) is 10.6 Å². The van der Waals surface area contributed by atoms with Gasteiger partial charge in [-0.3, -0.25) is 4.79 Å². The van der Waals surface area contributed by atoms with E-state index in [9.17, 15) is 4.79 Å². The van der Waals surface area contributed by atoms with E-state index in [0.29, 0.717) is 32.8 Å². The van der Waals surface area contributed by atoms with Gasteiger partial charge in [0.2, 0.25) is 5.91 Å². The fourth-order valence-electron chi connectivity index (χ4n) is 1.94. The summed E-state index contributed by atoms with van der Waals surface area (Å²) in [6.45, 7) is 6.31. The van der Waals surface area contributed by atoms with Crippen LogP contribution in [0.2, 0.25) is 0 Å². The number of hydrogen-bond acceptors (Lipinski definition) is 4. The van der Waals surface area contributed by atoms with Crippen LogP contribution in [0.15, 0.2) is 30.9 Å². The first-order chi connectivity index (χ1) is 9.79. The van der Waals surface area contributed by atoms with Gasteiger partial charge in [0.05, 0.1) is 6.54 Å². The number of nitrogens with one attached hydrogen (secondary N) is 2. The summed E-state index contributed by atoms with van der Waals surface area (Å²) in [6, 6.07) is 5.88. The van der Waals surface area contributed by atoms with Gasteiger partial charge in [0.1, 0.15) is 13.2 Å². The molecule has 0 unspecified atom stereocenters. The van der Waals surface area contributed by atoms with Crippen molar-refractivity contribution < 1.29 is 14.3 Å². The van der Waals surface area contributed by atoms with E-state index in [1.54, 1.807) is 6.08 Å². The largest absolute Gasteiger partial charge is 0.486 e. The Morgan fingerprint density at radius 3 is 2.90 bits per heavy atom. The average molecular weight is 276 g/mol. The second-order valence-corrected chi connectivity index (χ2v) is 4.50. The van der Waals surface area contributed by atoms with Gasteiger partial charge in [-0.1, -0.05) is 12.1 Å². The van der Waals surface area contributed by atoms with E-state index in [-0.39, 0.29) is 5.91 Å². The maximum Gasteiger partial charge on any atom is 0.233 e. The van der Waals surface area contributed by atoms with Crippen LogP contribution < -0.4 is 20.1 Å². The van der Waals surface area contributed by atoms with Crippen LogP contribution in [0.1, 0.15) is 5.56 Å². The van der Waals surface area contributed by atoms with E-state index >= 15 is 0 Å². The predicted molar refractivity (Wildman–Crippen MR) is 77.2 cm³/mol. The molecule has 5 heteroatoms. The number of benzene rings is 1. The molecule has 1 aromatic carbocycles. The van der Waals surface area contributed by atoms with Gasteiger partial charge in [0.15, 0.2) is 11.5 Å². The Morgan fingerprint density at radius 1 is 1.30 bits per heavy atom. The number of rotatable bonds is 7. The fourth-order valence-corrected chi connectivity index (χ4v) is 1.94. The lowest BCUT2D eigenvalue weighted by molar-refractivity contribution is -0.120. The molecule has 0 saturated heterocycles. The second-order valence-electron chi connectivity index (χ2n) is 4.50. The first-order valence-corrected chi connectivity index (χ1v) is 6.76. The van der Waals surface area contributed by atoms with Crippen LogP contribution in [0.25, 0.3) is 0 Å². The molecule has 0 saturated carbocycles. The summed E-state index contributed by atoms with van der Waals surface area (Å²) in [5, 5.41) is 5.82. The first kappa shape index (κ1) is 14.4. The number of carbonyl (C=O) groups excluding carboxylic acids is 1. The van der Waals surface area contributed by atoms with Crippen molar-refractivity contribution in [3.8, 4) is 11.5 Å². The Balaban J connectivity index is 1.74. The van der Waals surface area contributed by atoms with Gasteiger partial charge in [-0.25, -0.2) is 0 Å². The normalized spacial score (nSPS) is 12.8. The van der Waals surface area contributed by atoms with Crippen molar-refractivity contribution in [2.45, 2.75) is 6.42 Å². The molecule has 5 nitrogen and oxygen atoms in total. The Kier molecular flexibility index (Phi) is 5.43. The lowest BCUT2D eigenvalue weighted by Gasteiger charge is -2.18. The molecule has 0 fully saturated rings. The maximum atomic E-state index is 11.5. The number of carbonyl (C=O) groups is 1. The van der Waals surface area contributed by atoms with E-state index in [1.165, 1.54) is 0 Å². The summed E-state index contributed by atoms with van der Waals surface area (Å²) < 4.78 is 11.0. The molecule has 108 valence electrons. The maximum absolute atomic E-state index is 11.5. The van der Waals surface area contributed by atoms with Gasteiger partial charge in [0, 0.05) is 13.1 Å². The molecule has 1 aliphatic heterocycles. The zero-order chi connectivity index (χ0) is 14.2. The van der Waals surface area contributed by atoms with Crippen molar-refractivity contribution >= 4 is 5.91 Å². The molecular formula is C15H20N2O3. The van der Waals surface area contributed by atoms with Crippen LogP contribution in [0.5, 0.6) is 11.5 Å². The molecule has 2 rings (SSSR count). The number of amides is 1. The van der Waals surface area contributed by atoms with Gasteiger partial charge in [-0.05, 0) is 24.1 Å². The standard InChI is InChI=1S/C15H20N2O3/c1-2-6-16-11-15(18)17-7-5-12-3-4-13-14(10-12)20-9-8-19-13/h2-4,10,16H,1,5-9,11H2,(H,17,18). The predicted octanol–water partition coefficient (Wildman–Crippen LogP) is 0.892. The number of ether oxygens (including phenoxy) is 2. The highest BCUT2D eigenvalue weighted by Gasteiger charge is 2.11. The smallest absolute Gasteiger partial charge is 0.233 e.